The SMILES string of the molecule is C=C(C)N(C)C.C=C/C=C\C.C=CC.CC.c1ccc(B2c3ccccc3-c3c2cc2ccc4c(N(c5ccccc5)c5ccccc5)cc(N(c5ccccc5)c5ccccc5)c5ccc3c2c45)cc1. The first-order chi connectivity index (χ1) is 34.8. The van der Waals surface area contributed by atoms with Crippen LogP contribution in [-0.2, 0) is 0 Å². The molecule has 10 aromatic rings. The minimum atomic E-state index is 0.179. The van der Waals surface area contributed by atoms with E-state index in [0.717, 1.165) is 39.8 Å². The molecule has 4 heteroatoms. The predicted octanol–water partition coefficient (Wildman–Crippen LogP) is 17.1. The lowest BCUT2D eigenvalue weighted by Gasteiger charge is -2.32. The zero-order valence-electron chi connectivity index (χ0n) is 42.6. The van der Waals surface area contributed by atoms with E-state index in [0.29, 0.717) is 0 Å². The van der Waals surface area contributed by atoms with Crippen molar-refractivity contribution < 1.29 is 0 Å². The summed E-state index contributed by atoms with van der Waals surface area (Å²) in [6.45, 7) is 20.5. The van der Waals surface area contributed by atoms with Crippen molar-refractivity contribution >= 4 is 89.5 Å². The van der Waals surface area contributed by atoms with Gasteiger partial charge in [0, 0.05) is 58.7 Å². The van der Waals surface area contributed by atoms with Crippen molar-refractivity contribution in [3.05, 3.63) is 262 Å². The van der Waals surface area contributed by atoms with Crippen molar-refractivity contribution in [2.45, 2.75) is 34.6 Å². The Morgan fingerprint density at radius 1 is 0.479 bits per heavy atom. The van der Waals surface area contributed by atoms with Gasteiger partial charge in [0.2, 0.25) is 6.71 Å². The van der Waals surface area contributed by atoms with E-state index in [1.165, 1.54) is 59.8 Å². The van der Waals surface area contributed by atoms with Gasteiger partial charge in [0.15, 0.2) is 0 Å². The Morgan fingerprint density at radius 2 is 0.873 bits per heavy atom. The van der Waals surface area contributed by atoms with E-state index >= 15 is 0 Å². The number of anilines is 6. The lowest BCUT2D eigenvalue weighted by atomic mass is 9.39. The van der Waals surface area contributed by atoms with Crippen LogP contribution in [0.15, 0.2) is 262 Å². The molecular formula is C67H66BN3. The molecule has 0 atom stereocenters. The fourth-order valence-corrected chi connectivity index (χ4v) is 9.30. The Bertz CT molecular complexity index is 3150. The minimum absolute atomic E-state index is 0.179. The molecule has 1 aliphatic rings. The number of nitrogens with zero attached hydrogens (tertiary/aromatic N) is 3. The third-order valence-corrected chi connectivity index (χ3v) is 12.5. The quantitative estimate of drug-likeness (QED) is 0.0618. The van der Waals surface area contributed by atoms with Crippen LogP contribution in [0.4, 0.5) is 34.1 Å². The van der Waals surface area contributed by atoms with Gasteiger partial charge >= 0.3 is 0 Å². The van der Waals surface area contributed by atoms with Crippen LogP contribution < -0.4 is 26.2 Å². The molecule has 11 rings (SSSR count). The molecule has 0 radical (unpaired) electrons. The number of benzene rings is 10. The summed E-state index contributed by atoms with van der Waals surface area (Å²) >= 11 is 0. The van der Waals surface area contributed by atoms with Gasteiger partial charge in [-0.15, -0.1) is 6.58 Å². The molecule has 1 aliphatic heterocycles. The Kier molecular flexibility index (Phi) is 17.3. The maximum absolute atomic E-state index is 3.68. The van der Waals surface area contributed by atoms with Gasteiger partial charge in [-0.1, -0.05) is 225 Å². The molecule has 1 heterocycles. The van der Waals surface area contributed by atoms with Crippen LogP contribution in [-0.4, -0.2) is 25.7 Å². The van der Waals surface area contributed by atoms with Crippen LogP contribution in [0.1, 0.15) is 34.6 Å². The molecule has 0 spiro atoms. The lowest BCUT2D eigenvalue weighted by Crippen LogP contribution is -2.48. The zero-order valence-corrected chi connectivity index (χ0v) is 42.6. The van der Waals surface area contributed by atoms with E-state index in [9.17, 15) is 0 Å². The van der Waals surface area contributed by atoms with E-state index in [1.54, 1.807) is 12.2 Å². The van der Waals surface area contributed by atoms with E-state index in [-0.39, 0.29) is 6.71 Å². The first kappa shape index (κ1) is 50.5. The van der Waals surface area contributed by atoms with Gasteiger partial charge in [0.1, 0.15) is 0 Å². The fraction of sp³-hybridized carbons (Fsp3) is 0.104. The lowest BCUT2D eigenvalue weighted by molar-refractivity contribution is 0.516. The van der Waals surface area contributed by atoms with Crippen LogP contribution in [0.2, 0.25) is 0 Å². The molecule has 3 nitrogen and oxygen atoms in total. The summed E-state index contributed by atoms with van der Waals surface area (Å²) in [6, 6.07) is 77.6. The van der Waals surface area contributed by atoms with Crippen molar-refractivity contribution in [3.63, 3.8) is 0 Å². The molecule has 0 bridgehead atoms. The molecule has 0 N–H and O–H groups in total. The predicted molar refractivity (Wildman–Crippen MR) is 317 cm³/mol. The Morgan fingerprint density at radius 3 is 1.28 bits per heavy atom. The van der Waals surface area contributed by atoms with Gasteiger partial charge in [-0.05, 0) is 103 Å². The average Bonchev–Trinajstić information content (AvgIpc) is 3.75. The number of allylic oxidation sites excluding steroid dienone is 5. The molecule has 0 aliphatic carbocycles. The van der Waals surface area contributed by atoms with Crippen LogP contribution >= 0.6 is 0 Å². The smallest absolute Gasteiger partial charge is 0.242 e. The van der Waals surface area contributed by atoms with Crippen molar-refractivity contribution in [1.82, 2.24) is 4.90 Å². The maximum atomic E-state index is 3.68. The highest BCUT2D eigenvalue weighted by molar-refractivity contribution is 6.99. The Balaban J connectivity index is 0.000000408. The molecular weight excluding hydrogens is 858 g/mol. The van der Waals surface area contributed by atoms with E-state index < -0.39 is 0 Å². The third-order valence-electron chi connectivity index (χ3n) is 12.5. The van der Waals surface area contributed by atoms with Crippen LogP contribution in [0.25, 0.3) is 43.4 Å². The number of hydrogen-bond donors (Lipinski definition) is 0. The van der Waals surface area contributed by atoms with Crippen LogP contribution in [0.3, 0.4) is 0 Å². The summed E-state index contributed by atoms with van der Waals surface area (Å²) in [5, 5.41) is 7.59. The normalized spacial score (nSPS) is 10.8. The molecule has 10 aromatic carbocycles. The van der Waals surface area contributed by atoms with Gasteiger partial charge in [-0.25, -0.2) is 0 Å². The summed E-state index contributed by atoms with van der Waals surface area (Å²) in [5.41, 5.74) is 14.6. The third kappa shape index (κ3) is 10.8. The molecule has 71 heavy (non-hydrogen) atoms. The second kappa shape index (κ2) is 24.3. The standard InChI is InChI=1S/C52H35BN2.C5H11N.C5H8.C3H6.C2H6/c1-6-18-37(19-7-1)53-46-29-17-16-28-42(46)51-45-33-32-44-49(55(40-24-12-4-13-25-40)41-26-14-5-15-27-41)35-48(43-31-30-36(34-47(51)53)50(45)52(43)44)54(38-20-8-2-9-21-38)39-22-10-3-11-23-39;1-5(2)6(3)4;1-3-5-4-2;1-3-2;1-2/h1-35H;1H2,2-4H3;3-5H,1H2,2H3;3H,1H2,2H3;1-2H3/b;;5-4-;;. The largest absolute Gasteiger partial charge is 0.382 e. The second-order valence-corrected chi connectivity index (χ2v) is 17.2. The summed E-state index contributed by atoms with van der Waals surface area (Å²) in [4.78, 5) is 6.82. The average molecular weight is 924 g/mol. The molecule has 0 saturated carbocycles. The second-order valence-electron chi connectivity index (χ2n) is 17.2. The number of para-hydroxylation sites is 4. The summed E-state index contributed by atoms with van der Waals surface area (Å²) in [6.07, 6.45) is 7.33. The molecule has 0 amide bonds. The topological polar surface area (TPSA) is 9.72 Å². The minimum Gasteiger partial charge on any atom is -0.382 e. The monoisotopic (exact) mass is 924 g/mol. The fourth-order valence-electron chi connectivity index (χ4n) is 9.30. The van der Waals surface area contributed by atoms with E-state index in [1.807, 2.05) is 65.8 Å². The highest BCUT2D eigenvalue weighted by Gasteiger charge is 2.35. The Labute approximate surface area is 424 Å². The summed E-state index contributed by atoms with van der Waals surface area (Å²) in [5.74, 6) is 0. The van der Waals surface area contributed by atoms with E-state index in [2.05, 4.69) is 242 Å². The molecule has 0 fully saturated rings. The maximum Gasteiger partial charge on any atom is 0.242 e. The number of fused-ring (bicyclic) bond motifs is 4. The first-order valence-corrected chi connectivity index (χ1v) is 24.7. The molecule has 0 aromatic heterocycles. The summed E-state index contributed by atoms with van der Waals surface area (Å²) in [7, 11) is 3.95. The van der Waals surface area contributed by atoms with Gasteiger partial charge in [0.25, 0.3) is 0 Å². The number of rotatable bonds is 9. The van der Waals surface area contributed by atoms with Gasteiger partial charge < -0.3 is 14.7 Å². The van der Waals surface area contributed by atoms with Gasteiger partial charge in [0.05, 0.1) is 11.4 Å². The highest BCUT2D eigenvalue weighted by atomic mass is 15.2. The van der Waals surface area contributed by atoms with Gasteiger partial charge in [-0.2, -0.15) is 0 Å². The van der Waals surface area contributed by atoms with Crippen molar-refractivity contribution in [2.75, 3.05) is 23.9 Å². The van der Waals surface area contributed by atoms with Crippen molar-refractivity contribution in [2.24, 2.45) is 0 Å². The number of hydrogen-bond acceptors (Lipinski definition) is 3. The Hall–Kier alpha value is -8.34. The zero-order chi connectivity index (χ0) is 50.3. The molecule has 0 saturated heterocycles. The van der Waals surface area contributed by atoms with Crippen LogP contribution in [0, 0.1) is 0 Å². The highest BCUT2D eigenvalue weighted by Crippen LogP contribution is 2.51. The van der Waals surface area contributed by atoms with Crippen LogP contribution in [0.5, 0.6) is 0 Å². The van der Waals surface area contributed by atoms with Gasteiger partial charge in [-0.3, -0.25) is 0 Å². The van der Waals surface area contributed by atoms with Crippen molar-refractivity contribution in [3.8, 4) is 11.1 Å². The molecule has 0 unspecified atom stereocenters. The molecule has 352 valence electrons. The first-order valence-electron chi connectivity index (χ1n) is 24.7. The summed E-state index contributed by atoms with van der Waals surface area (Å²) < 4.78 is 0. The van der Waals surface area contributed by atoms with Crippen molar-refractivity contribution in [1.29, 1.82) is 0 Å². The van der Waals surface area contributed by atoms with E-state index in [4.69, 9.17) is 0 Å².